The fourth-order valence-electron chi connectivity index (χ4n) is 2.34. The smallest absolute Gasteiger partial charge is 0.275 e. The van der Waals surface area contributed by atoms with E-state index in [1.807, 2.05) is 31.2 Å². The summed E-state index contributed by atoms with van der Waals surface area (Å²) >= 11 is 0. The van der Waals surface area contributed by atoms with Crippen molar-refractivity contribution in [2.24, 2.45) is 0 Å². The first-order chi connectivity index (χ1) is 9.70. The average molecular weight is 273 g/mol. The van der Waals surface area contributed by atoms with Gasteiger partial charge in [-0.3, -0.25) is 4.79 Å². The van der Waals surface area contributed by atoms with Crippen LogP contribution in [0.15, 0.2) is 28.7 Å². The van der Waals surface area contributed by atoms with Crippen LogP contribution in [0, 0.1) is 6.92 Å². The van der Waals surface area contributed by atoms with Gasteiger partial charge < -0.3 is 14.6 Å². The zero-order chi connectivity index (χ0) is 13.9. The molecule has 1 aliphatic heterocycles. The summed E-state index contributed by atoms with van der Waals surface area (Å²) in [4.78, 5) is 12.5. The summed E-state index contributed by atoms with van der Waals surface area (Å²) in [5.74, 6) is 1.18. The summed E-state index contributed by atoms with van der Waals surface area (Å²) in [6, 6.07) is 7.95. The lowest BCUT2D eigenvalue weighted by molar-refractivity contribution is -0.908. The Morgan fingerprint density at radius 2 is 2.30 bits per heavy atom. The van der Waals surface area contributed by atoms with Crippen LogP contribution < -0.4 is 10.2 Å². The maximum atomic E-state index is 11.3. The molecular weight excluding hydrogens is 256 g/mol. The van der Waals surface area contributed by atoms with Gasteiger partial charge >= 0.3 is 0 Å². The zero-order valence-electron chi connectivity index (χ0n) is 11.3. The summed E-state index contributed by atoms with van der Waals surface area (Å²) in [5, 5.41) is 11.0. The van der Waals surface area contributed by atoms with Crippen molar-refractivity contribution in [1.29, 1.82) is 0 Å². The molecule has 6 heteroatoms. The van der Waals surface area contributed by atoms with Crippen LogP contribution in [0.5, 0.6) is 0 Å². The Morgan fingerprint density at radius 3 is 3.10 bits per heavy atom. The zero-order valence-corrected chi connectivity index (χ0v) is 11.3. The van der Waals surface area contributed by atoms with Gasteiger partial charge in [0.15, 0.2) is 13.1 Å². The molecule has 0 radical (unpaired) electrons. The molecule has 6 nitrogen and oxygen atoms in total. The van der Waals surface area contributed by atoms with Gasteiger partial charge in [-0.1, -0.05) is 17.7 Å². The molecule has 0 aliphatic carbocycles. The molecule has 1 unspecified atom stereocenters. The van der Waals surface area contributed by atoms with Gasteiger partial charge in [-0.25, -0.2) is 0 Å². The molecule has 0 spiro atoms. The number of hydrogen-bond donors (Lipinski definition) is 2. The van der Waals surface area contributed by atoms with Gasteiger partial charge in [-0.15, -0.1) is 10.2 Å². The predicted octanol–water partition coefficient (Wildman–Crippen LogP) is -0.440. The van der Waals surface area contributed by atoms with E-state index in [4.69, 9.17) is 4.42 Å². The third-order valence-electron chi connectivity index (χ3n) is 3.34. The lowest BCUT2D eigenvalue weighted by Crippen LogP contribution is -3.14. The minimum Gasteiger partial charge on any atom is -0.415 e. The summed E-state index contributed by atoms with van der Waals surface area (Å²) in [7, 11) is 0. The number of quaternary nitrogens is 1. The van der Waals surface area contributed by atoms with Crippen LogP contribution in [-0.2, 0) is 11.3 Å². The number of amides is 1. The number of nitrogens with one attached hydrogen (secondary N) is 2. The van der Waals surface area contributed by atoms with Crippen molar-refractivity contribution in [2.45, 2.75) is 13.5 Å². The van der Waals surface area contributed by atoms with E-state index in [2.05, 4.69) is 15.5 Å². The quantitative estimate of drug-likeness (QED) is 0.795. The van der Waals surface area contributed by atoms with Gasteiger partial charge in [-0.05, 0) is 19.1 Å². The Bertz CT molecular complexity index is 623. The molecule has 2 aromatic rings. The van der Waals surface area contributed by atoms with Gasteiger partial charge in [0.2, 0.25) is 5.89 Å². The lowest BCUT2D eigenvalue weighted by Gasteiger charge is -2.21. The Hall–Kier alpha value is -2.21. The normalized spacial score (nSPS) is 18.9. The molecule has 2 N–H and O–H groups in total. The van der Waals surface area contributed by atoms with Crippen LogP contribution in [0.1, 0.15) is 11.5 Å². The Kier molecular flexibility index (Phi) is 3.47. The van der Waals surface area contributed by atoms with Gasteiger partial charge in [0.25, 0.3) is 11.8 Å². The van der Waals surface area contributed by atoms with Crippen molar-refractivity contribution in [3.8, 4) is 11.5 Å². The summed E-state index contributed by atoms with van der Waals surface area (Å²) in [6.45, 7) is 4.66. The SMILES string of the molecule is Cc1cccc(-c2nnc(C[NH+]3CCNC(=O)C3)o2)c1. The molecule has 0 saturated carbocycles. The van der Waals surface area contributed by atoms with Gasteiger partial charge in [0.05, 0.1) is 13.1 Å². The van der Waals surface area contributed by atoms with Gasteiger partial charge in [-0.2, -0.15) is 0 Å². The van der Waals surface area contributed by atoms with Crippen molar-refractivity contribution in [3.63, 3.8) is 0 Å². The Labute approximate surface area is 116 Å². The number of carbonyl (C=O) groups excluding carboxylic acids is 1. The second-order valence-electron chi connectivity index (χ2n) is 5.07. The van der Waals surface area contributed by atoms with Crippen LogP contribution >= 0.6 is 0 Å². The van der Waals surface area contributed by atoms with Crippen molar-refractivity contribution < 1.29 is 14.1 Å². The van der Waals surface area contributed by atoms with E-state index in [0.29, 0.717) is 31.4 Å². The highest BCUT2D eigenvalue weighted by molar-refractivity contribution is 5.77. The molecule has 1 aromatic carbocycles. The van der Waals surface area contributed by atoms with E-state index in [-0.39, 0.29) is 5.91 Å². The second-order valence-corrected chi connectivity index (χ2v) is 5.07. The topological polar surface area (TPSA) is 72.5 Å². The van der Waals surface area contributed by atoms with Crippen molar-refractivity contribution in [1.82, 2.24) is 15.5 Å². The van der Waals surface area contributed by atoms with Crippen LogP contribution in [0.2, 0.25) is 0 Å². The number of rotatable bonds is 3. The molecule has 104 valence electrons. The highest BCUT2D eigenvalue weighted by atomic mass is 16.4. The predicted molar refractivity (Wildman–Crippen MR) is 71.9 cm³/mol. The van der Waals surface area contributed by atoms with Gasteiger partial charge in [0.1, 0.15) is 0 Å². The second kappa shape index (κ2) is 5.42. The number of aromatic nitrogens is 2. The maximum Gasteiger partial charge on any atom is 0.275 e. The number of benzene rings is 1. The number of carbonyl (C=O) groups is 1. The molecule has 0 bridgehead atoms. The molecule has 1 amide bonds. The molecule has 1 aromatic heterocycles. The van der Waals surface area contributed by atoms with E-state index < -0.39 is 0 Å². The molecule has 1 aliphatic rings. The van der Waals surface area contributed by atoms with E-state index in [1.165, 1.54) is 0 Å². The minimum absolute atomic E-state index is 0.0738. The van der Waals surface area contributed by atoms with E-state index in [0.717, 1.165) is 22.6 Å². The van der Waals surface area contributed by atoms with E-state index in [1.54, 1.807) is 0 Å². The largest absolute Gasteiger partial charge is 0.415 e. The highest BCUT2D eigenvalue weighted by Gasteiger charge is 2.22. The number of aryl methyl sites for hydroxylation is 1. The maximum absolute atomic E-state index is 11.3. The van der Waals surface area contributed by atoms with Crippen molar-refractivity contribution >= 4 is 5.91 Å². The van der Waals surface area contributed by atoms with Crippen LogP contribution in [0.25, 0.3) is 11.5 Å². The minimum atomic E-state index is 0.0738. The van der Waals surface area contributed by atoms with E-state index in [9.17, 15) is 4.79 Å². The molecule has 1 saturated heterocycles. The average Bonchev–Trinajstić information content (AvgIpc) is 2.87. The monoisotopic (exact) mass is 273 g/mol. The lowest BCUT2D eigenvalue weighted by atomic mass is 10.1. The van der Waals surface area contributed by atoms with Crippen LogP contribution in [0.4, 0.5) is 0 Å². The molecule has 1 atom stereocenters. The fraction of sp³-hybridized carbons (Fsp3) is 0.357. The number of nitrogens with zero attached hydrogens (tertiary/aromatic N) is 2. The number of hydrogen-bond acceptors (Lipinski definition) is 4. The summed E-state index contributed by atoms with van der Waals surface area (Å²) < 4.78 is 5.69. The molecule has 3 rings (SSSR count). The Balaban J connectivity index is 1.72. The molecule has 1 fully saturated rings. The van der Waals surface area contributed by atoms with Crippen molar-refractivity contribution in [2.75, 3.05) is 19.6 Å². The number of piperazine rings is 1. The summed E-state index contributed by atoms with van der Waals surface area (Å²) in [6.07, 6.45) is 0. The highest BCUT2D eigenvalue weighted by Crippen LogP contribution is 2.18. The standard InChI is InChI=1S/C14H16N4O2/c1-10-3-2-4-11(7-10)14-17-16-13(20-14)9-18-6-5-15-12(19)8-18/h2-4,7H,5-6,8-9H2,1H3,(H,15,19)/p+1. The van der Waals surface area contributed by atoms with Gasteiger partial charge in [0, 0.05) is 5.56 Å². The van der Waals surface area contributed by atoms with Crippen LogP contribution in [0.3, 0.4) is 0 Å². The van der Waals surface area contributed by atoms with Crippen LogP contribution in [-0.4, -0.2) is 35.7 Å². The first-order valence-electron chi connectivity index (χ1n) is 6.70. The third-order valence-corrected chi connectivity index (χ3v) is 3.34. The molecular formula is C14H17N4O2+. The first-order valence-corrected chi connectivity index (χ1v) is 6.70. The first kappa shape index (κ1) is 12.8. The Morgan fingerprint density at radius 1 is 1.40 bits per heavy atom. The van der Waals surface area contributed by atoms with Crippen molar-refractivity contribution in [3.05, 3.63) is 35.7 Å². The summed E-state index contributed by atoms with van der Waals surface area (Å²) in [5.41, 5.74) is 2.08. The fourth-order valence-corrected chi connectivity index (χ4v) is 2.34. The van der Waals surface area contributed by atoms with E-state index >= 15 is 0 Å². The third kappa shape index (κ3) is 2.85. The molecule has 2 heterocycles. The molecule has 20 heavy (non-hydrogen) atoms.